The summed E-state index contributed by atoms with van der Waals surface area (Å²) in [6.45, 7) is 5.37. The number of carbonyl (C=O) groups is 4. The number of nitriles is 1. The number of nitrogens with zero attached hydrogens (tertiary/aromatic N) is 5. The molecule has 15 nitrogen and oxygen atoms in total. The van der Waals surface area contributed by atoms with E-state index >= 15 is 0 Å². The number of fused-ring (bicyclic) bond motifs is 2. The van der Waals surface area contributed by atoms with Crippen LogP contribution in [0.5, 0.6) is 17.2 Å². The Morgan fingerprint density at radius 2 is 1.73 bits per heavy atom. The molecule has 4 aromatic rings. The highest BCUT2D eigenvalue weighted by molar-refractivity contribution is 6.37. The Kier molecular flexibility index (Phi) is 14.5. The van der Waals surface area contributed by atoms with Crippen molar-refractivity contribution in [1.82, 2.24) is 25.0 Å². The molecule has 2 saturated heterocycles. The molecule has 0 radical (unpaired) electrons. The van der Waals surface area contributed by atoms with Gasteiger partial charge in [-0.3, -0.25) is 34.4 Å². The summed E-state index contributed by atoms with van der Waals surface area (Å²) < 4.78 is 17.2. The van der Waals surface area contributed by atoms with Crippen LogP contribution in [0.4, 0.5) is 17.1 Å². The number of imide groups is 1. The minimum atomic E-state index is -0.637. The number of pyridine rings is 1. The van der Waals surface area contributed by atoms with Crippen molar-refractivity contribution in [2.45, 2.75) is 64.0 Å². The molecule has 3 N–H and O–H groups in total. The number of ether oxygens (including phenoxy) is 3. The van der Waals surface area contributed by atoms with Crippen molar-refractivity contribution in [2.75, 3.05) is 70.7 Å². The van der Waals surface area contributed by atoms with Crippen molar-refractivity contribution in [2.24, 2.45) is 0 Å². The molecule has 3 aromatic carbocycles. The van der Waals surface area contributed by atoms with Gasteiger partial charge in [0.1, 0.15) is 17.9 Å². The molecule has 1 atom stereocenters. The number of hydrogen-bond acceptors (Lipinski definition) is 12. The first-order valence-electron chi connectivity index (χ1n) is 20.9. The van der Waals surface area contributed by atoms with Crippen molar-refractivity contribution < 1.29 is 33.4 Å². The summed E-state index contributed by atoms with van der Waals surface area (Å²) in [6, 6.07) is 14.0. The number of carbonyl (C=O) groups excluding carboxylic acids is 4. The zero-order chi connectivity index (χ0) is 43.8. The average Bonchev–Trinajstić information content (AvgIpc) is 3.61. The summed E-state index contributed by atoms with van der Waals surface area (Å²) in [6.07, 6.45) is 7.06. The molecule has 7 rings (SSSR count). The molecular weight excluding hydrogens is 835 g/mol. The predicted molar refractivity (Wildman–Crippen MR) is 237 cm³/mol. The van der Waals surface area contributed by atoms with Crippen LogP contribution in [0.25, 0.3) is 10.9 Å². The molecule has 3 aliphatic heterocycles. The summed E-state index contributed by atoms with van der Waals surface area (Å²) >= 11 is 12.7. The summed E-state index contributed by atoms with van der Waals surface area (Å²) in [4.78, 5) is 60.5. The maximum atomic E-state index is 13.1. The Labute approximate surface area is 370 Å². The summed E-state index contributed by atoms with van der Waals surface area (Å²) in [5.41, 5.74) is 4.30. The summed E-state index contributed by atoms with van der Waals surface area (Å²) in [7, 11) is 3.08. The first-order valence-corrected chi connectivity index (χ1v) is 21.7. The van der Waals surface area contributed by atoms with Crippen molar-refractivity contribution in [1.29, 1.82) is 5.26 Å². The Hall–Kier alpha value is -5.82. The van der Waals surface area contributed by atoms with Gasteiger partial charge in [-0.25, -0.2) is 0 Å². The summed E-state index contributed by atoms with van der Waals surface area (Å²) in [5.74, 6) is 0.772. The highest BCUT2D eigenvalue weighted by Crippen LogP contribution is 2.41. The van der Waals surface area contributed by atoms with E-state index in [-0.39, 0.29) is 24.1 Å². The molecule has 17 heteroatoms. The Morgan fingerprint density at radius 1 is 0.935 bits per heavy atom. The molecule has 1 aromatic heterocycles. The molecular formula is C45H50Cl2N8O7. The van der Waals surface area contributed by atoms with Crippen LogP contribution in [-0.2, 0) is 20.9 Å². The number of nitrogens with one attached hydrogen (secondary N) is 3. The lowest BCUT2D eigenvalue weighted by Crippen LogP contribution is -2.52. The van der Waals surface area contributed by atoms with Crippen molar-refractivity contribution >= 4 is 74.8 Å². The van der Waals surface area contributed by atoms with Gasteiger partial charge in [-0.05, 0) is 49.9 Å². The van der Waals surface area contributed by atoms with Crippen LogP contribution in [-0.4, -0.2) is 109 Å². The second kappa shape index (κ2) is 20.4. The molecule has 0 aliphatic carbocycles. The number of aromatic nitrogens is 1. The molecule has 2 fully saturated rings. The first kappa shape index (κ1) is 44.2. The number of methoxy groups -OCH3 is 2. The molecule has 0 bridgehead atoms. The second-order valence-corrected chi connectivity index (χ2v) is 16.3. The van der Waals surface area contributed by atoms with E-state index in [0.29, 0.717) is 99.8 Å². The molecule has 1 unspecified atom stereocenters. The van der Waals surface area contributed by atoms with Crippen LogP contribution in [0, 0.1) is 11.3 Å². The highest BCUT2D eigenvalue weighted by atomic mass is 35.5. The van der Waals surface area contributed by atoms with Gasteiger partial charge in [-0.15, -0.1) is 0 Å². The average molecular weight is 886 g/mol. The maximum Gasteiger partial charge on any atom is 0.255 e. The number of amides is 4. The van der Waals surface area contributed by atoms with Crippen LogP contribution in [0.1, 0.15) is 72.9 Å². The van der Waals surface area contributed by atoms with Gasteiger partial charge in [0.2, 0.25) is 17.7 Å². The van der Waals surface area contributed by atoms with Gasteiger partial charge in [0.05, 0.1) is 53.3 Å². The van der Waals surface area contributed by atoms with E-state index in [1.807, 2.05) is 17.0 Å². The fourth-order valence-corrected chi connectivity index (χ4v) is 8.69. The smallest absolute Gasteiger partial charge is 0.255 e. The molecule has 0 saturated carbocycles. The van der Waals surface area contributed by atoms with Gasteiger partial charge >= 0.3 is 0 Å². The largest absolute Gasteiger partial charge is 0.495 e. The van der Waals surface area contributed by atoms with Crippen LogP contribution < -0.4 is 30.2 Å². The number of unbranched alkanes of at least 4 members (excludes halogenated alkanes) is 3. The zero-order valence-electron chi connectivity index (χ0n) is 34.9. The van der Waals surface area contributed by atoms with Gasteiger partial charge < -0.3 is 34.6 Å². The van der Waals surface area contributed by atoms with Crippen LogP contribution in [0.3, 0.4) is 0 Å². The Bertz CT molecular complexity index is 2380. The number of benzene rings is 3. The lowest BCUT2D eigenvalue weighted by Gasteiger charge is -2.34. The third-order valence-corrected chi connectivity index (χ3v) is 12.2. The molecule has 4 amide bonds. The van der Waals surface area contributed by atoms with E-state index in [4.69, 9.17) is 37.4 Å². The van der Waals surface area contributed by atoms with Crippen LogP contribution >= 0.6 is 23.2 Å². The van der Waals surface area contributed by atoms with E-state index in [9.17, 15) is 24.4 Å². The normalized spacial score (nSPS) is 16.5. The topological polar surface area (TPSA) is 178 Å². The van der Waals surface area contributed by atoms with Gasteiger partial charge in [-0.2, -0.15) is 5.26 Å². The number of anilines is 3. The van der Waals surface area contributed by atoms with Crippen molar-refractivity contribution in [3.63, 3.8) is 0 Å². The number of piperidine rings is 1. The zero-order valence-corrected chi connectivity index (χ0v) is 36.4. The number of piperazine rings is 1. The molecule has 4 heterocycles. The second-order valence-electron chi connectivity index (χ2n) is 15.5. The van der Waals surface area contributed by atoms with Crippen LogP contribution in [0.2, 0.25) is 10.0 Å². The van der Waals surface area contributed by atoms with E-state index in [1.165, 1.54) is 13.3 Å². The van der Waals surface area contributed by atoms with Gasteiger partial charge in [0.15, 0.2) is 11.5 Å². The summed E-state index contributed by atoms with van der Waals surface area (Å²) in [5, 5.41) is 20.3. The van der Waals surface area contributed by atoms with E-state index in [2.05, 4.69) is 31.9 Å². The first-order chi connectivity index (χ1) is 30.1. The number of rotatable bonds is 18. The fraction of sp³-hybridized carbons (Fsp3) is 0.422. The molecule has 62 heavy (non-hydrogen) atoms. The molecule has 326 valence electrons. The fourth-order valence-electron chi connectivity index (χ4n) is 8.19. The monoisotopic (exact) mass is 884 g/mol. The predicted octanol–water partition coefficient (Wildman–Crippen LogP) is 6.91. The minimum absolute atomic E-state index is 0.181. The van der Waals surface area contributed by atoms with Gasteiger partial charge in [0.25, 0.3) is 5.91 Å². The van der Waals surface area contributed by atoms with E-state index in [0.717, 1.165) is 69.5 Å². The van der Waals surface area contributed by atoms with E-state index in [1.54, 1.807) is 42.3 Å². The lowest BCUT2D eigenvalue weighted by atomic mass is 10.0. The number of halogens is 2. The third kappa shape index (κ3) is 10.1. The lowest BCUT2D eigenvalue weighted by molar-refractivity contribution is -0.137. The van der Waals surface area contributed by atoms with E-state index < -0.39 is 11.9 Å². The van der Waals surface area contributed by atoms with Crippen molar-refractivity contribution in [3.05, 3.63) is 75.4 Å². The standard InChI is InChI=1S/C45H50Cl2N8O7/c1-60-38-24-36(32(46)22-33(38)47)51-43-28(25-48)26-50-35-23-40(39(61-2)21-30(35)43)62-20-8-15-53-16-18-54(19-17-53)42(57)11-5-3-4-6-14-49-34-10-7-9-29-31(34)27-55(45(29)59)37-12-13-41(56)52-44(37)58/h7,9-10,21-24,26,37,49H,3-6,8,11-20,27H2,1-2H3,(H,50,51)(H,52,56,58). The molecule has 3 aliphatic rings. The van der Waals surface area contributed by atoms with Gasteiger partial charge in [-0.1, -0.05) is 42.1 Å². The van der Waals surface area contributed by atoms with Crippen molar-refractivity contribution in [3.8, 4) is 23.3 Å². The third-order valence-electron chi connectivity index (χ3n) is 11.6. The van der Waals surface area contributed by atoms with Gasteiger partial charge in [0, 0.05) is 99.2 Å². The SMILES string of the molecule is COc1cc(Nc2c(C#N)cnc3cc(OCCCN4CCN(C(=O)CCCCCCNc5cccc6c5CN(C5CCC(=O)NC5=O)C6=O)CC4)c(OC)cc23)c(Cl)cc1Cl. The Balaban J connectivity index is 0.799. The minimum Gasteiger partial charge on any atom is -0.495 e. The van der Waals surface area contributed by atoms with Crippen LogP contribution in [0.15, 0.2) is 48.7 Å². The Morgan fingerprint density at radius 3 is 2.48 bits per heavy atom. The highest BCUT2D eigenvalue weighted by Gasteiger charge is 2.39. The number of hydrogen-bond donors (Lipinski definition) is 3. The quantitative estimate of drug-likeness (QED) is 0.0696. The molecule has 0 spiro atoms. The maximum absolute atomic E-state index is 13.1.